The van der Waals surface area contributed by atoms with Crippen LogP contribution in [0, 0.1) is 6.92 Å². The summed E-state index contributed by atoms with van der Waals surface area (Å²) >= 11 is 6.96. The van der Waals surface area contributed by atoms with Crippen LogP contribution in [0.15, 0.2) is 72.8 Å². The van der Waals surface area contributed by atoms with Crippen LogP contribution in [-0.2, 0) is 24.4 Å². The third-order valence-electron chi connectivity index (χ3n) is 5.38. The number of hydrogen-bond donors (Lipinski definition) is 0. The van der Waals surface area contributed by atoms with E-state index >= 15 is 0 Å². The normalized spacial score (nSPS) is 15.8. The van der Waals surface area contributed by atoms with Gasteiger partial charge in [0.1, 0.15) is 22.4 Å². The Hall–Kier alpha value is -2.83. The number of nitrogens with zero attached hydrogens (tertiary/aromatic N) is 1. The first-order valence-electron chi connectivity index (χ1n) is 10.4. The van der Waals surface area contributed by atoms with Gasteiger partial charge in [0.2, 0.25) is 5.91 Å². The van der Waals surface area contributed by atoms with Crippen molar-refractivity contribution in [2.45, 2.75) is 31.7 Å². The first-order valence-corrected chi connectivity index (χ1v) is 11.7. The van der Waals surface area contributed by atoms with Gasteiger partial charge in [0.25, 0.3) is 0 Å². The van der Waals surface area contributed by atoms with Crippen molar-refractivity contribution in [1.82, 2.24) is 4.90 Å². The van der Waals surface area contributed by atoms with Crippen molar-refractivity contribution in [3.8, 4) is 11.5 Å². The zero-order valence-corrected chi connectivity index (χ0v) is 19.7. The highest BCUT2D eigenvalue weighted by Gasteiger charge is 2.36. The molecular weight excluding hydrogens is 438 g/mol. The van der Waals surface area contributed by atoms with Crippen molar-refractivity contribution >= 4 is 34.2 Å². The number of carbonyl (C=O) groups is 1. The summed E-state index contributed by atoms with van der Waals surface area (Å²) in [5.74, 6) is 1.68. The third-order valence-corrected chi connectivity index (χ3v) is 6.96. The van der Waals surface area contributed by atoms with Crippen LogP contribution in [0.4, 0.5) is 0 Å². The summed E-state index contributed by atoms with van der Waals surface area (Å²) in [6, 6.07) is 24.0. The summed E-state index contributed by atoms with van der Waals surface area (Å²) < 4.78 is 11.7. The number of rotatable bonds is 8. The van der Waals surface area contributed by atoms with Crippen LogP contribution in [0.1, 0.15) is 22.3 Å². The second kappa shape index (κ2) is 10.2. The fourth-order valence-electron chi connectivity index (χ4n) is 3.47. The first-order chi connectivity index (χ1) is 15.5. The zero-order valence-electron chi connectivity index (χ0n) is 18.1. The summed E-state index contributed by atoms with van der Waals surface area (Å²) in [6.45, 7) is 3.09. The zero-order chi connectivity index (χ0) is 22.5. The highest BCUT2D eigenvalue weighted by Crippen LogP contribution is 2.31. The molecular formula is C26H25NO3S2. The van der Waals surface area contributed by atoms with Crippen LogP contribution in [0.25, 0.3) is 0 Å². The molecule has 1 fully saturated rings. The Kier molecular flexibility index (Phi) is 7.12. The molecule has 0 bridgehead atoms. The number of hydrogen-bond acceptors (Lipinski definition) is 5. The monoisotopic (exact) mass is 463 g/mol. The lowest BCUT2D eigenvalue weighted by atomic mass is 10.1. The van der Waals surface area contributed by atoms with E-state index in [9.17, 15) is 4.79 Å². The molecule has 3 aromatic carbocycles. The maximum absolute atomic E-state index is 13.0. The molecule has 0 saturated carbocycles. The average Bonchev–Trinajstić information content (AvgIpc) is 3.07. The third kappa shape index (κ3) is 5.50. The standard InChI is InChI=1S/C26H25NO3S2/c1-18-3-5-21(6-4-18)17-30-23-13-7-19(8-14-23)15-24-25(28)27(26(31)32-24)16-20-9-11-22(29-2)12-10-20/h3-14,24H,15-17H2,1-2H3/t24-/m1/s1. The SMILES string of the molecule is COc1ccc(CN2C(=O)[C@@H](Cc3ccc(OCc4ccc(C)cc4)cc3)SC2=S)cc1. The number of amides is 1. The van der Waals surface area contributed by atoms with Gasteiger partial charge in [0, 0.05) is 0 Å². The average molecular weight is 464 g/mol. The molecule has 0 radical (unpaired) electrons. The first kappa shape index (κ1) is 22.4. The van der Waals surface area contributed by atoms with Crippen LogP contribution in [0.2, 0.25) is 0 Å². The van der Waals surface area contributed by atoms with Crippen LogP contribution in [0.3, 0.4) is 0 Å². The van der Waals surface area contributed by atoms with E-state index in [4.69, 9.17) is 21.7 Å². The van der Waals surface area contributed by atoms with Crippen molar-refractivity contribution in [2.75, 3.05) is 7.11 Å². The molecule has 6 heteroatoms. The van der Waals surface area contributed by atoms with Gasteiger partial charge in [-0.3, -0.25) is 9.69 Å². The molecule has 3 aromatic rings. The lowest BCUT2D eigenvalue weighted by molar-refractivity contribution is -0.126. The van der Waals surface area contributed by atoms with Crippen LogP contribution in [-0.4, -0.2) is 27.5 Å². The molecule has 1 amide bonds. The van der Waals surface area contributed by atoms with Gasteiger partial charge in [-0.25, -0.2) is 0 Å². The largest absolute Gasteiger partial charge is 0.497 e. The quantitative estimate of drug-likeness (QED) is 0.409. The van der Waals surface area contributed by atoms with Crippen molar-refractivity contribution < 1.29 is 14.3 Å². The summed E-state index contributed by atoms with van der Waals surface area (Å²) in [5, 5.41) is -0.194. The Morgan fingerprint density at radius 1 is 0.875 bits per heavy atom. The number of thioether (sulfide) groups is 1. The predicted octanol–water partition coefficient (Wildman–Crippen LogP) is 5.55. The molecule has 0 aromatic heterocycles. The fraction of sp³-hybridized carbons (Fsp3) is 0.231. The fourth-order valence-corrected chi connectivity index (χ4v) is 5.00. The molecule has 164 valence electrons. The van der Waals surface area contributed by atoms with Gasteiger partial charge in [-0.2, -0.15) is 0 Å². The summed E-state index contributed by atoms with van der Waals surface area (Å²) in [6.07, 6.45) is 0.640. The molecule has 1 aliphatic heterocycles. The highest BCUT2D eigenvalue weighted by molar-refractivity contribution is 8.24. The molecule has 1 aliphatic rings. The molecule has 4 nitrogen and oxygen atoms in total. The van der Waals surface area contributed by atoms with Crippen molar-refractivity contribution in [3.63, 3.8) is 0 Å². The van der Waals surface area contributed by atoms with Gasteiger partial charge in [-0.1, -0.05) is 78.1 Å². The molecule has 1 atom stereocenters. The Morgan fingerprint density at radius 2 is 1.47 bits per heavy atom. The molecule has 0 unspecified atom stereocenters. The number of thiocarbonyl (C=S) groups is 1. The van der Waals surface area contributed by atoms with Gasteiger partial charge < -0.3 is 9.47 Å². The molecule has 1 heterocycles. The highest BCUT2D eigenvalue weighted by atomic mass is 32.2. The van der Waals surface area contributed by atoms with Gasteiger partial charge in [-0.05, 0) is 54.3 Å². The Morgan fingerprint density at radius 3 is 2.12 bits per heavy atom. The van der Waals surface area contributed by atoms with E-state index in [0.717, 1.165) is 28.2 Å². The number of benzene rings is 3. The summed E-state index contributed by atoms with van der Waals surface area (Å²) in [7, 11) is 1.64. The number of methoxy groups -OCH3 is 1. The van der Waals surface area contributed by atoms with Gasteiger partial charge >= 0.3 is 0 Å². The van der Waals surface area contributed by atoms with E-state index in [2.05, 4.69) is 31.2 Å². The minimum absolute atomic E-state index is 0.0653. The number of ether oxygens (including phenoxy) is 2. The van der Waals surface area contributed by atoms with Crippen molar-refractivity contribution in [2.24, 2.45) is 0 Å². The van der Waals surface area contributed by atoms with Gasteiger partial charge in [0.15, 0.2) is 0 Å². The molecule has 1 saturated heterocycles. The minimum atomic E-state index is -0.194. The Balaban J connectivity index is 1.32. The molecule has 0 N–H and O–H groups in total. The second-order valence-corrected chi connectivity index (χ2v) is 9.60. The maximum atomic E-state index is 13.0. The molecule has 32 heavy (non-hydrogen) atoms. The second-order valence-electron chi connectivity index (χ2n) is 7.77. The van der Waals surface area contributed by atoms with Gasteiger partial charge in [0.05, 0.1) is 18.9 Å². The Bertz CT molecular complexity index is 1080. The molecule has 0 spiro atoms. The Labute approximate surface area is 198 Å². The summed E-state index contributed by atoms with van der Waals surface area (Å²) in [5.41, 5.74) is 4.49. The van der Waals surface area contributed by atoms with E-state index in [-0.39, 0.29) is 11.2 Å². The smallest absolute Gasteiger partial charge is 0.242 e. The molecule has 0 aliphatic carbocycles. The van der Waals surface area contributed by atoms with Crippen LogP contribution < -0.4 is 9.47 Å². The van der Waals surface area contributed by atoms with Crippen LogP contribution >= 0.6 is 24.0 Å². The van der Waals surface area contributed by atoms with E-state index in [0.29, 0.717) is 23.9 Å². The number of aryl methyl sites for hydroxylation is 1. The van der Waals surface area contributed by atoms with E-state index < -0.39 is 0 Å². The van der Waals surface area contributed by atoms with Crippen LogP contribution in [0.5, 0.6) is 11.5 Å². The number of carbonyl (C=O) groups excluding carboxylic acids is 1. The minimum Gasteiger partial charge on any atom is -0.497 e. The van der Waals surface area contributed by atoms with Gasteiger partial charge in [-0.15, -0.1) is 0 Å². The lowest BCUT2D eigenvalue weighted by Gasteiger charge is -2.16. The molecule has 4 rings (SSSR count). The van der Waals surface area contributed by atoms with Crippen molar-refractivity contribution in [1.29, 1.82) is 0 Å². The van der Waals surface area contributed by atoms with E-state index in [1.807, 2.05) is 48.5 Å². The maximum Gasteiger partial charge on any atom is 0.242 e. The predicted molar refractivity (Wildman–Crippen MR) is 133 cm³/mol. The van der Waals surface area contributed by atoms with Crippen molar-refractivity contribution in [3.05, 3.63) is 95.1 Å². The topological polar surface area (TPSA) is 38.8 Å². The van der Waals surface area contributed by atoms with E-state index in [1.54, 1.807) is 12.0 Å². The summed E-state index contributed by atoms with van der Waals surface area (Å²) in [4.78, 5) is 14.7. The lowest BCUT2D eigenvalue weighted by Crippen LogP contribution is -2.31. The van der Waals surface area contributed by atoms with E-state index in [1.165, 1.54) is 17.3 Å².